The van der Waals surface area contributed by atoms with Crippen LogP contribution in [0.5, 0.6) is 0 Å². The molecule has 0 radical (unpaired) electrons. The molecule has 110 valence electrons. The largest absolute Gasteiger partial charge is 0.467 e. The van der Waals surface area contributed by atoms with Crippen LogP contribution in [0.25, 0.3) is 0 Å². The Morgan fingerprint density at radius 3 is 2.24 bits per heavy atom. The van der Waals surface area contributed by atoms with Gasteiger partial charge in [-0.2, -0.15) is 0 Å². The van der Waals surface area contributed by atoms with Gasteiger partial charge in [0.1, 0.15) is 5.82 Å². The summed E-state index contributed by atoms with van der Waals surface area (Å²) in [5.74, 6) is -0.791. The van der Waals surface area contributed by atoms with Crippen LogP contribution < -0.4 is 5.32 Å². The van der Waals surface area contributed by atoms with Crippen LogP contribution in [0.1, 0.15) is 12.5 Å². The number of anilines is 1. The highest BCUT2D eigenvalue weighted by molar-refractivity contribution is 6.30. The van der Waals surface area contributed by atoms with Crippen LogP contribution >= 0.6 is 11.6 Å². The summed E-state index contributed by atoms with van der Waals surface area (Å²) < 4.78 is 17.9. The van der Waals surface area contributed by atoms with E-state index in [0.29, 0.717) is 16.3 Å². The molecule has 1 unspecified atom stereocenters. The van der Waals surface area contributed by atoms with E-state index in [0.717, 1.165) is 0 Å². The van der Waals surface area contributed by atoms with E-state index >= 15 is 0 Å². The average Bonchev–Trinajstić information content (AvgIpc) is 2.49. The maximum absolute atomic E-state index is 13.0. The summed E-state index contributed by atoms with van der Waals surface area (Å²) in [7, 11) is 1.32. The summed E-state index contributed by atoms with van der Waals surface area (Å²) in [6.45, 7) is 1.70. The Labute approximate surface area is 127 Å². The number of benzene rings is 2. The van der Waals surface area contributed by atoms with E-state index in [-0.39, 0.29) is 5.82 Å². The number of nitrogens with one attached hydrogen (secondary N) is 1. The molecule has 2 aromatic rings. The Morgan fingerprint density at radius 1 is 1.14 bits per heavy atom. The number of hydrogen-bond donors (Lipinski definition) is 1. The van der Waals surface area contributed by atoms with Crippen molar-refractivity contribution in [3.05, 3.63) is 64.9 Å². The van der Waals surface area contributed by atoms with Gasteiger partial charge in [-0.3, -0.25) is 0 Å². The maximum atomic E-state index is 13.0. The summed E-state index contributed by atoms with van der Waals surface area (Å²) in [6, 6.07) is 12.7. The van der Waals surface area contributed by atoms with E-state index in [1.165, 1.54) is 19.2 Å². The second kappa shape index (κ2) is 6.14. The smallest absolute Gasteiger partial charge is 0.335 e. The number of methoxy groups -OCH3 is 1. The molecule has 0 spiro atoms. The Morgan fingerprint density at radius 2 is 1.71 bits per heavy atom. The fourth-order valence-corrected chi connectivity index (χ4v) is 2.18. The van der Waals surface area contributed by atoms with Gasteiger partial charge >= 0.3 is 5.97 Å². The van der Waals surface area contributed by atoms with E-state index in [2.05, 4.69) is 5.32 Å². The molecule has 1 N–H and O–H groups in total. The molecule has 0 aliphatic rings. The van der Waals surface area contributed by atoms with Crippen molar-refractivity contribution in [1.82, 2.24) is 0 Å². The third-order valence-corrected chi connectivity index (χ3v) is 3.51. The van der Waals surface area contributed by atoms with Crippen molar-refractivity contribution in [3.8, 4) is 0 Å². The minimum Gasteiger partial charge on any atom is -0.467 e. The van der Waals surface area contributed by atoms with Crippen molar-refractivity contribution in [1.29, 1.82) is 0 Å². The highest BCUT2D eigenvalue weighted by Gasteiger charge is 2.36. The third-order valence-electron chi connectivity index (χ3n) is 3.25. The van der Waals surface area contributed by atoms with Crippen LogP contribution in [0, 0.1) is 5.82 Å². The lowest BCUT2D eigenvalue weighted by Gasteiger charge is -2.29. The molecule has 0 bridgehead atoms. The molecule has 0 amide bonds. The van der Waals surface area contributed by atoms with Crippen molar-refractivity contribution < 1.29 is 13.9 Å². The summed E-state index contributed by atoms with van der Waals surface area (Å²) in [5.41, 5.74) is 0.208. The summed E-state index contributed by atoms with van der Waals surface area (Å²) in [6.07, 6.45) is 0. The van der Waals surface area contributed by atoms with Gasteiger partial charge in [0.15, 0.2) is 5.54 Å². The fourth-order valence-electron chi connectivity index (χ4n) is 2.05. The molecule has 0 saturated heterocycles. The average molecular weight is 308 g/mol. The number of halogens is 2. The molecule has 0 aliphatic heterocycles. The highest BCUT2D eigenvalue weighted by atomic mass is 35.5. The summed E-state index contributed by atoms with van der Waals surface area (Å²) >= 11 is 5.87. The highest BCUT2D eigenvalue weighted by Crippen LogP contribution is 2.28. The molecule has 3 nitrogen and oxygen atoms in total. The molecule has 5 heteroatoms. The van der Waals surface area contributed by atoms with Crippen molar-refractivity contribution >= 4 is 23.3 Å². The van der Waals surface area contributed by atoms with Crippen LogP contribution in [-0.2, 0) is 15.1 Å². The minimum absolute atomic E-state index is 0.341. The summed E-state index contributed by atoms with van der Waals surface area (Å²) in [5, 5.41) is 3.66. The molecule has 21 heavy (non-hydrogen) atoms. The number of carbonyl (C=O) groups excluding carboxylic acids is 1. The minimum atomic E-state index is -1.10. The second-order valence-electron chi connectivity index (χ2n) is 4.76. The van der Waals surface area contributed by atoms with Gasteiger partial charge in [-0.1, -0.05) is 23.7 Å². The quantitative estimate of drug-likeness (QED) is 0.868. The van der Waals surface area contributed by atoms with Crippen LogP contribution in [0.3, 0.4) is 0 Å². The molecule has 0 heterocycles. The van der Waals surface area contributed by atoms with E-state index in [1.54, 1.807) is 43.3 Å². The number of esters is 1. The first-order chi connectivity index (χ1) is 9.95. The Hall–Kier alpha value is -2.07. The zero-order valence-electron chi connectivity index (χ0n) is 11.7. The van der Waals surface area contributed by atoms with E-state index in [1.807, 2.05) is 0 Å². The Bertz CT molecular complexity index is 628. The van der Waals surface area contributed by atoms with Gasteiger partial charge in [0.2, 0.25) is 0 Å². The Kier molecular flexibility index (Phi) is 4.48. The van der Waals surface area contributed by atoms with E-state index in [9.17, 15) is 9.18 Å². The van der Waals surface area contributed by atoms with Crippen LogP contribution in [-0.4, -0.2) is 13.1 Å². The van der Waals surface area contributed by atoms with Crippen LogP contribution in [0.2, 0.25) is 5.02 Å². The molecule has 2 aromatic carbocycles. The first-order valence-electron chi connectivity index (χ1n) is 6.34. The third kappa shape index (κ3) is 3.34. The van der Waals surface area contributed by atoms with Crippen molar-refractivity contribution in [2.45, 2.75) is 12.5 Å². The number of hydrogen-bond acceptors (Lipinski definition) is 3. The van der Waals surface area contributed by atoms with Crippen molar-refractivity contribution in [3.63, 3.8) is 0 Å². The fraction of sp³-hybridized carbons (Fsp3) is 0.188. The molecule has 0 aliphatic carbocycles. The number of rotatable bonds is 4. The molecular formula is C16H15ClFNO2. The zero-order valence-corrected chi connectivity index (χ0v) is 12.4. The first kappa shape index (κ1) is 15.3. The molecular weight excluding hydrogens is 293 g/mol. The van der Waals surface area contributed by atoms with Crippen LogP contribution in [0.15, 0.2) is 48.5 Å². The van der Waals surface area contributed by atoms with Gasteiger partial charge in [-0.05, 0) is 48.9 Å². The lowest BCUT2D eigenvalue weighted by molar-refractivity contribution is -0.145. The monoisotopic (exact) mass is 307 g/mol. The molecule has 2 rings (SSSR count). The van der Waals surface area contributed by atoms with Crippen LogP contribution in [0.4, 0.5) is 10.1 Å². The Balaban J connectivity index is 2.39. The normalized spacial score (nSPS) is 13.3. The lowest BCUT2D eigenvalue weighted by atomic mass is 9.91. The van der Waals surface area contributed by atoms with Gasteiger partial charge in [-0.15, -0.1) is 0 Å². The zero-order chi connectivity index (χ0) is 15.5. The van der Waals surface area contributed by atoms with E-state index in [4.69, 9.17) is 16.3 Å². The molecule has 0 aromatic heterocycles. The van der Waals surface area contributed by atoms with Gasteiger partial charge in [0.05, 0.1) is 7.11 Å². The SMILES string of the molecule is COC(=O)C(C)(Nc1ccc(F)cc1)c1ccc(Cl)cc1. The van der Waals surface area contributed by atoms with Gasteiger partial charge < -0.3 is 10.1 Å². The topological polar surface area (TPSA) is 38.3 Å². The van der Waals surface area contributed by atoms with E-state index < -0.39 is 11.5 Å². The second-order valence-corrected chi connectivity index (χ2v) is 5.19. The molecule has 1 atom stereocenters. The summed E-state index contributed by atoms with van der Waals surface area (Å²) in [4.78, 5) is 12.2. The first-order valence-corrected chi connectivity index (χ1v) is 6.72. The van der Waals surface area contributed by atoms with Gasteiger partial charge in [0, 0.05) is 10.7 Å². The van der Waals surface area contributed by atoms with Crippen molar-refractivity contribution in [2.24, 2.45) is 0 Å². The molecule has 0 saturated carbocycles. The number of carbonyl (C=O) groups is 1. The maximum Gasteiger partial charge on any atom is 0.335 e. The lowest BCUT2D eigenvalue weighted by Crippen LogP contribution is -2.41. The van der Waals surface area contributed by atoms with Gasteiger partial charge in [-0.25, -0.2) is 9.18 Å². The van der Waals surface area contributed by atoms with Crippen molar-refractivity contribution in [2.75, 3.05) is 12.4 Å². The number of ether oxygens (including phenoxy) is 1. The molecule has 0 fully saturated rings. The standard InChI is InChI=1S/C16H15ClFNO2/c1-16(15(20)21-2,11-3-5-12(17)6-4-11)19-14-9-7-13(18)8-10-14/h3-10,19H,1-2H3. The van der Waals surface area contributed by atoms with Gasteiger partial charge in [0.25, 0.3) is 0 Å². The predicted octanol–water partition coefficient (Wildman–Crippen LogP) is 3.98. The predicted molar refractivity (Wildman–Crippen MR) is 80.8 cm³/mol.